The maximum absolute atomic E-state index is 13.1. The van der Waals surface area contributed by atoms with Crippen LogP contribution in [0.5, 0.6) is 5.88 Å². The summed E-state index contributed by atoms with van der Waals surface area (Å²) < 4.78 is 73.1. The molecule has 0 unspecified atom stereocenters. The molecule has 1 aromatic carbocycles. The van der Waals surface area contributed by atoms with Crippen molar-refractivity contribution in [3.8, 4) is 5.88 Å². The Kier molecular flexibility index (Phi) is 6.23. The molecule has 0 spiro atoms. The van der Waals surface area contributed by atoms with Crippen LogP contribution < -0.4 is 4.18 Å². The Hall–Kier alpha value is -2.89. The molecule has 4 rings (SSSR count). The molecule has 1 aliphatic heterocycles. The van der Waals surface area contributed by atoms with Gasteiger partial charge in [0.25, 0.3) is 0 Å². The molecular weight excluding hydrogens is 487 g/mol. The van der Waals surface area contributed by atoms with Crippen LogP contribution in [0.4, 0.5) is 18.0 Å². The van der Waals surface area contributed by atoms with E-state index in [1.165, 1.54) is 4.90 Å². The topological polar surface area (TPSA) is 98.7 Å². The number of nitrogens with zero attached hydrogens (tertiary/aromatic N) is 3. The van der Waals surface area contributed by atoms with Crippen LogP contribution >= 0.6 is 0 Å². The number of carbonyl (C=O) groups excluding carboxylic acids is 1. The first-order valence-electron chi connectivity index (χ1n) is 11.2. The van der Waals surface area contributed by atoms with Gasteiger partial charge < -0.3 is 13.8 Å². The number of aromatic nitrogens is 2. The fourth-order valence-electron chi connectivity index (χ4n) is 4.03. The molecule has 8 nitrogen and oxygen atoms in total. The Bertz CT molecular complexity index is 1220. The lowest BCUT2D eigenvalue weighted by atomic mass is 9.94. The van der Waals surface area contributed by atoms with Crippen molar-refractivity contribution in [2.75, 3.05) is 13.1 Å². The van der Waals surface area contributed by atoms with E-state index >= 15 is 0 Å². The highest BCUT2D eigenvalue weighted by Gasteiger charge is 2.51. The summed E-state index contributed by atoms with van der Waals surface area (Å²) in [6.45, 7) is 5.45. The lowest BCUT2D eigenvalue weighted by Crippen LogP contribution is -2.38. The minimum atomic E-state index is -5.95. The molecule has 2 heterocycles. The summed E-state index contributed by atoms with van der Waals surface area (Å²) >= 11 is 0. The van der Waals surface area contributed by atoms with Crippen molar-refractivity contribution in [1.29, 1.82) is 0 Å². The maximum Gasteiger partial charge on any atom is 0.534 e. The quantitative estimate of drug-likeness (QED) is 0.448. The Morgan fingerprint density at radius 3 is 2.23 bits per heavy atom. The van der Waals surface area contributed by atoms with E-state index in [9.17, 15) is 26.4 Å². The van der Waals surface area contributed by atoms with Crippen LogP contribution in [0.1, 0.15) is 56.3 Å². The van der Waals surface area contributed by atoms with Gasteiger partial charge in [-0.3, -0.25) is 0 Å². The van der Waals surface area contributed by atoms with Crippen molar-refractivity contribution in [3.05, 3.63) is 53.0 Å². The van der Waals surface area contributed by atoms with Gasteiger partial charge in [-0.15, -0.1) is 0 Å². The van der Waals surface area contributed by atoms with Crippen LogP contribution in [0.15, 0.2) is 30.3 Å². The van der Waals surface area contributed by atoms with Gasteiger partial charge in [-0.2, -0.15) is 26.6 Å². The third-order valence-corrected chi connectivity index (χ3v) is 6.88. The second-order valence-electron chi connectivity index (χ2n) is 9.68. The predicted molar refractivity (Wildman–Crippen MR) is 119 cm³/mol. The highest BCUT2D eigenvalue weighted by Crippen LogP contribution is 2.52. The van der Waals surface area contributed by atoms with Crippen LogP contribution in [-0.2, 0) is 33.1 Å². The summed E-state index contributed by atoms with van der Waals surface area (Å²) in [5, 5.41) is 0. The summed E-state index contributed by atoms with van der Waals surface area (Å²) in [5.74, 6) is -0.434. The number of halogens is 3. The van der Waals surface area contributed by atoms with Gasteiger partial charge in [0.15, 0.2) is 0 Å². The summed E-state index contributed by atoms with van der Waals surface area (Å²) in [4.78, 5) is 22.9. The summed E-state index contributed by atoms with van der Waals surface area (Å²) in [6.07, 6.45) is 0.927. The van der Waals surface area contributed by atoms with E-state index < -0.39 is 38.6 Å². The van der Waals surface area contributed by atoms with Crippen molar-refractivity contribution in [2.24, 2.45) is 0 Å². The molecule has 0 atom stereocenters. The van der Waals surface area contributed by atoms with Gasteiger partial charge in [0.2, 0.25) is 5.88 Å². The Labute approximate surface area is 201 Å². The first kappa shape index (κ1) is 25.2. The summed E-state index contributed by atoms with van der Waals surface area (Å²) in [7, 11) is -5.95. The number of ether oxygens (including phenoxy) is 1. The molecule has 0 saturated heterocycles. The van der Waals surface area contributed by atoms with E-state index in [2.05, 4.69) is 14.2 Å². The van der Waals surface area contributed by atoms with Gasteiger partial charge in [0, 0.05) is 25.1 Å². The molecule has 1 aliphatic carbocycles. The van der Waals surface area contributed by atoms with Crippen LogP contribution in [0.2, 0.25) is 0 Å². The number of rotatable bonds is 4. The second-order valence-corrected chi connectivity index (χ2v) is 11.2. The first-order valence-corrected chi connectivity index (χ1v) is 12.6. The number of benzene rings is 1. The van der Waals surface area contributed by atoms with Gasteiger partial charge >= 0.3 is 21.7 Å². The van der Waals surface area contributed by atoms with Crippen molar-refractivity contribution in [1.82, 2.24) is 14.9 Å². The standard InChI is InChI=1S/C23H26F3N3O5S/c1-21(2,3)33-20(30)29-13-9-16-17(10-14-29)27-19(22(11-12-22)15-7-5-4-6-8-15)28-18(16)34-35(31,32)23(24,25)26/h4-8H,9-14H2,1-3H3. The normalized spacial score (nSPS) is 17.8. The van der Waals surface area contributed by atoms with Crippen LogP contribution in [0.25, 0.3) is 0 Å². The number of fused-ring (bicyclic) bond motifs is 1. The molecule has 190 valence electrons. The highest BCUT2D eigenvalue weighted by molar-refractivity contribution is 7.87. The fourth-order valence-corrected chi connectivity index (χ4v) is 4.47. The van der Waals surface area contributed by atoms with E-state index in [1.807, 2.05) is 30.3 Å². The molecule has 2 aliphatic rings. The van der Waals surface area contributed by atoms with Gasteiger partial charge in [0.05, 0.1) is 11.1 Å². The van der Waals surface area contributed by atoms with Gasteiger partial charge in [-0.25, -0.2) is 9.78 Å². The molecule has 35 heavy (non-hydrogen) atoms. The highest BCUT2D eigenvalue weighted by atomic mass is 32.2. The van der Waals surface area contributed by atoms with Gasteiger partial charge in [0.1, 0.15) is 11.4 Å². The molecule has 1 fully saturated rings. The average Bonchev–Trinajstić information content (AvgIpc) is 3.56. The smallest absolute Gasteiger partial charge is 0.444 e. The van der Waals surface area contributed by atoms with Crippen molar-refractivity contribution < 1.29 is 35.3 Å². The number of alkyl halides is 3. The Morgan fingerprint density at radius 2 is 1.66 bits per heavy atom. The third-order valence-electron chi connectivity index (χ3n) is 5.93. The third kappa shape index (κ3) is 5.21. The lowest BCUT2D eigenvalue weighted by Gasteiger charge is -2.26. The molecule has 0 bridgehead atoms. The monoisotopic (exact) mass is 513 g/mol. The van der Waals surface area contributed by atoms with E-state index in [4.69, 9.17) is 4.74 Å². The average molecular weight is 514 g/mol. The summed E-state index contributed by atoms with van der Waals surface area (Å²) in [5.41, 5.74) is -5.60. The van der Waals surface area contributed by atoms with Gasteiger partial charge in [-0.05, 0) is 45.6 Å². The first-order chi connectivity index (χ1) is 16.2. The fraction of sp³-hybridized carbons (Fsp3) is 0.522. The number of hydrogen-bond acceptors (Lipinski definition) is 7. The number of amides is 1. The largest absolute Gasteiger partial charge is 0.534 e. The van der Waals surface area contributed by atoms with Crippen LogP contribution in [0, 0.1) is 0 Å². The molecule has 1 aromatic heterocycles. The predicted octanol–water partition coefficient (Wildman–Crippen LogP) is 4.12. The van der Waals surface area contributed by atoms with Crippen molar-refractivity contribution >= 4 is 16.2 Å². The second kappa shape index (κ2) is 8.65. The van der Waals surface area contributed by atoms with Crippen LogP contribution in [-0.4, -0.2) is 53.6 Å². The van der Waals surface area contributed by atoms with E-state index in [1.54, 1.807) is 20.8 Å². The molecule has 2 aromatic rings. The van der Waals surface area contributed by atoms with E-state index in [-0.39, 0.29) is 37.3 Å². The zero-order chi connectivity index (χ0) is 25.6. The zero-order valence-electron chi connectivity index (χ0n) is 19.6. The number of carbonyl (C=O) groups is 1. The number of hydrogen-bond donors (Lipinski definition) is 0. The lowest BCUT2D eigenvalue weighted by molar-refractivity contribution is -0.0501. The van der Waals surface area contributed by atoms with E-state index in [0.29, 0.717) is 18.5 Å². The minimum Gasteiger partial charge on any atom is -0.444 e. The van der Waals surface area contributed by atoms with Crippen molar-refractivity contribution in [3.63, 3.8) is 0 Å². The molecular formula is C23H26F3N3O5S. The molecule has 0 N–H and O–H groups in total. The summed E-state index contributed by atoms with van der Waals surface area (Å²) in [6, 6.07) is 9.26. The zero-order valence-corrected chi connectivity index (χ0v) is 20.4. The van der Waals surface area contributed by atoms with Gasteiger partial charge in [-0.1, -0.05) is 30.3 Å². The van der Waals surface area contributed by atoms with E-state index in [0.717, 1.165) is 5.56 Å². The van der Waals surface area contributed by atoms with Crippen LogP contribution in [0.3, 0.4) is 0 Å². The Balaban J connectivity index is 1.74. The van der Waals surface area contributed by atoms with Crippen molar-refractivity contribution in [2.45, 2.75) is 63.0 Å². The minimum absolute atomic E-state index is 0.00983. The molecule has 0 radical (unpaired) electrons. The molecule has 12 heteroatoms. The SMILES string of the molecule is CC(C)(C)OC(=O)N1CCc2nc(C3(c4ccccc4)CC3)nc(OS(=O)(=O)C(F)(F)F)c2CC1. The maximum atomic E-state index is 13.1. The molecule has 1 saturated carbocycles. The molecule has 1 amide bonds. The Morgan fingerprint density at radius 1 is 1.03 bits per heavy atom.